The molecule has 0 aromatic heterocycles. The van der Waals surface area contributed by atoms with Gasteiger partial charge in [0.1, 0.15) is 11.5 Å². The first-order valence-electron chi connectivity index (χ1n) is 8.54. The van der Waals surface area contributed by atoms with Crippen molar-refractivity contribution < 1.29 is 9.84 Å². The van der Waals surface area contributed by atoms with Gasteiger partial charge in [0, 0.05) is 11.6 Å². The van der Waals surface area contributed by atoms with Gasteiger partial charge in [0.2, 0.25) is 0 Å². The predicted molar refractivity (Wildman–Crippen MR) is 97.5 cm³/mol. The van der Waals surface area contributed by atoms with E-state index in [0.29, 0.717) is 18.4 Å². The number of benzene rings is 2. The van der Waals surface area contributed by atoms with Gasteiger partial charge in [0.05, 0.1) is 6.61 Å². The van der Waals surface area contributed by atoms with E-state index in [1.54, 1.807) is 12.1 Å². The van der Waals surface area contributed by atoms with Crippen molar-refractivity contribution in [3.63, 3.8) is 0 Å². The van der Waals surface area contributed by atoms with Gasteiger partial charge in [0.15, 0.2) is 0 Å². The Morgan fingerprint density at radius 3 is 2.09 bits per heavy atom. The van der Waals surface area contributed by atoms with Crippen LogP contribution in [0.4, 0.5) is 0 Å². The summed E-state index contributed by atoms with van der Waals surface area (Å²) < 4.78 is 5.93. The van der Waals surface area contributed by atoms with Crippen LogP contribution in [0.5, 0.6) is 11.5 Å². The smallest absolute Gasteiger partial charge is 0.130 e. The van der Waals surface area contributed by atoms with Crippen molar-refractivity contribution >= 4 is 0 Å². The van der Waals surface area contributed by atoms with Crippen LogP contribution in [-0.2, 0) is 0 Å². The van der Waals surface area contributed by atoms with Gasteiger partial charge in [-0.05, 0) is 47.1 Å². The molecular weight excluding hydrogens is 284 g/mol. The lowest BCUT2D eigenvalue weighted by molar-refractivity contribution is 0.316. The van der Waals surface area contributed by atoms with Crippen LogP contribution in [0.25, 0.3) is 11.1 Å². The van der Waals surface area contributed by atoms with Crippen LogP contribution in [0.1, 0.15) is 64.0 Å². The number of ether oxygens (including phenoxy) is 1. The molecule has 0 spiro atoms. The number of hydrogen-bond donors (Lipinski definition) is 1. The first-order valence-corrected chi connectivity index (χ1v) is 8.54. The lowest BCUT2D eigenvalue weighted by Crippen LogP contribution is -2.03. The van der Waals surface area contributed by atoms with Gasteiger partial charge < -0.3 is 9.84 Å². The zero-order valence-electron chi connectivity index (χ0n) is 14.9. The van der Waals surface area contributed by atoms with Crippen LogP contribution >= 0.6 is 0 Å². The third kappa shape index (κ3) is 3.87. The Morgan fingerprint density at radius 2 is 1.57 bits per heavy atom. The average molecular weight is 312 g/mol. The van der Waals surface area contributed by atoms with Crippen molar-refractivity contribution in [2.45, 2.75) is 52.9 Å². The Morgan fingerprint density at radius 1 is 0.957 bits per heavy atom. The second-order valence-electron chi connectivity index (χ2n) is 6.65. The van der Waals surface area contributed by atoms with Crippen LogP contribution < -0.4 is 4.74 Å². The molecule has 2 aromatic rings. The predicted octanol–water partition coefficient (Wildman–Crippen LogP) is 6.09. The van der Waals surface area contributed by atoms with Gasteiger partial charge in [-0.2, -0.15) is 0 Å². The largest absolute Gasteiger partial charge is 0.508 e. The minimum Gasteiger partial charge on any atom is -0.508 e. The Hall–Kier alpha value is -1.96. The van der Waals surface area contributed by atoms with E-state index in [1.165, 1.54) is 16.7 Å². The van der Waals surface area contributed by atoms with Gasteiger partial charge in [0.25, 0.3) is 0 Å². The molecule has 0 fully saturated rings. The van der Waals surface area contributed by atoms with Crippen molar-refractivity contribution in [2.75, 3.05) is 6.61 Å². The van der Waals surface area contributed by atoms with E-state index >= 15 is 0 Å². The lowest BCUT2D eigenvalue weighted by atomic mass is 9.84. The van der Waals surface area contributed by atoms with Crippen molar-refractivity contribution in [1.82, 2.24) is 0 Å². The molecule has 23 heavy (non-hydrogen) atoms. The Labute approximate surface area is 140 Å². The van der Waals surface area contributed by atoms with Gasteiger partial charge in [-0.15, -0.1) is 0 Å². The normalized spacial score (nSPS) is 11.3. The highest BCUT2D eigenvalue weighted by molar-refractivity contribution is 5.78. The standard InChI is InChI=1S/C21H28O2/c1-6-12-23-20-13-16(22)10-11-19(20)21-17(14(2)3)8-7-9-18(21)15(4)5/h7-11,13-15,22H,6,12H2,1-5H3. The molecular formula is C21H28O2. The number of rotatable bonds is 6. The van der Waals surface area contributed by atoms with Gasteiger partial charge in [-0.1, -0.05) is 52.8 Å². The molecule has 2 aromatic carbocycles. The molecule has 0 aliphatic heterocycles. The summed E-state index contributed by atoms with van der Waals surface area (Å²) in [5, 5.41) is 9.86. The molecule has 0 saturated carbocycles. The summed E-state index contributed by atoms with van der Waals surface area (Å²) >= 11 is 0. The molecule has 2 nitrogen and oxygen atoms in total. The molecule has 0 aliphatic carbocycles. The number of hydrogen-bond acceptors (Lipinski definition) is 2. The minimum atomic E-state index is 0.243. The quantitative estimate of drug-likeness (QED) is 0.699. The topological polar surface area (TPSA) is 29.5 Å². The van der Waals surface area contributed by atoms with Crippen LogP contribution in [0.3, 0.4) is 0 Å². The molecule has 0 bridgehead atoms. The molecule has 124 valence electrons. The molecule has 0 amide bonds. The summed E-state index contributed by atoms with van der Waals surface area (Å²) in [4.78, 5) is 0. The second kappa shape index (κ2) is 7.54. The summed E-state index contributed by atoms with van der Waals surface area (Å²) in [7, 11) is 0. The molecule has 0 heterocycles. The van der Waals surface area contributed by atoms with Crippen LogP contribution in [0, 0.1) is 0 Å². The molecule has 1 N–H and O–H groups in total. The van der Waals surface area contributed by atoms with E-state index in [4.69, 9.17) is 4.74 Å². The summed E-state index contributed by atoms with van der Waals surface area (Å²) in [5.74, 6) is 1.86. The molecule has 0 saturated heterocycles. The average Bonchev–Trinajstić information content (AvgIpc) is 2.52. The van der Waals surface area contributed by atoms with Crippen molar-refractivity contribution in [3.8, 4) is 22.6 Å². The van der Waals surface area contributed by atoms with E-state index in [0.717, 1.165) is 17.7 Å². The Kier molecular flexibility index (Phi) is 5.70. The van der Waals surface area contributed by atoms with E-state index < -0.39 is 0 Å². The molecule has 0 radical (unpaired) electrons. The van der Waals surface area contributed by atoms with E-state index in [2.05, 4.69) is 52.8 Å². The lowest BCUT2D eigenvalue weighted by Gasteiger charge is -2.22. The highest BCUT2D eigenvalue weighted by Gasteiger charge is 2.18. The third-order valence-corrected chi connectivity index (χ3v) is 4.07. The molecule has 2 heteroatoms. The highest BCUT2D eigenvalue weighted by Crippen LogP contribution is 2.41. The van der Waals surface area contributed by atoms with Crippen LogP contribution in [0.15, 0.2) is 36.4 Å². The summed E-state index contributed by atoms with van der Waals surface area (Å²) in [5.41, 5.74) is 4.97. The van der Waals surface area contributed by atoms with Gasteiger partial charge >= 0.3 is 0 Å². The number of phenolic OH excluding ortho intramolecular Hbond substituents is 1. The SMILES string of the molecule is CCCOc1cc(O)ccc1-c1c(C(C)C)cccc1C(C)C. The maximum atomic E-state index is 9.86. The fourth-order valence-corrected chi connectivity index (χ4v) is 2.91. The molecule has 0 unspecified atom stereocenters. The molecule has 0 atom stereocenters. The Bertz CT molecular complexity index is 631. The zero-order chi connectivity index (χ0) is 17.0. The highest BCUT2D eigenvalue weighted by atomic mass is 16.5. The van der Waals surface area contributed by atoms with Crippen molar-refractivity contribution in [1.29, 1.82) is 0 Å². The zero-order valence-corrected chi connectivity index (χ0v) is 14.9. The molecule has 2 rings (SSSR count). The molecule has 0 aliphatic rings. The fourth-order valence-electron chi connectivity index (χ4n) is 2.91. The van der Waals surface area contributed by atoms with Crippen molar-refractivity contribution in [3.05, 3.63) is 47.5 Å². The maximum absolute atomic E-state index is 9.86. The maximum Gasteiger partial charge on any atom is 0.130 e. The first-order chi connectivity index (χ1) is 11.0. The van der Waals surface area contributed by atoms with E-state index in [1.807, 2.05) is 6.07 Å². The minimum absolute atomic E-state index is 0.243. The van der Waals surface area contributed by atoms with Crippen molar-refractivity contribution in [2.24, 2.45) is 0 Å². The second-order valence-corrected chi connectivity index (χ2v) is 6.65. The fraction of sp³-hybridized carbons (Fsp3) is 0.429. The van der Waals surface area contributed by atoms with Gasteiger partial charge in [-0.3, -0.25) is 0 Å². The number of aromatic hydroxyl groups is 1. The van der Waals surface area contributed by atoms with Gasteiger partial charge in [-0.25, -0.2) is 0 Å². The first kappa shape index (κ1) is 17.4. The van der Waals surface area contributed by atoms with Crippen LogP contribution in [-0.4, -0.2) is 11.7 Å². The van der Waals surface area contributed by atoms with Crippen LogP contribution in [0.2, 0.25) is 0 Å². The summed E-state index contributed by atoms with van der Waals surface area (Å²) in [6.07, 6.45) is 0.942. The third-order valence-electron chi connectivity index (χ3n) is 4.07. The summed E-state index contributed by atoms with van der Waals surface area (Å²) in [6, 6.07) is 12.0. The monoisotopic (exact) mass is 312 g/mol. The summed E-state index contributed by atoms with van der Waals surface area (Å²) in [6.45, 7) is 11.6. The van der Waals surface area contributed by atoms with E-state index in [-0.39, 0.29) is 5.75 Å². The number of phenols is 1. The van der Waals surface area contributed by atoms with E-state index in [9.17, 15) is 5.11 Å². The Balaban J connectivity index is 2.69.